The molecular weight excluding hydrogens is 378 g/mol. The minimum absolute atomic E-state index is 0.0553. The molecule has 6 N–H and O–H groups in total. The number of aromatic hydroxyl groups is 3. The van der Waals surface area contributed by atoms with Crippen molar-refractivity contribution in [1.82, 2.24) is 5.32 Å². The van der Waals surface area contributed by atoms with Crippen molar-refractivity contribution in [1.29, 1.82) is 0 Å². The van der Waals surface area contributed by atoms with E-state index in [0.717, 1.165) is 11.0 Å². The smallest absolute Gasteiger partial charge is 0.250 e. The fraction of sp³-hybridized carbons (Fsp3) is 0.250. The van der Waals surface area contributed by atoms with Crippen molar-refractivity contribution in [2.24, 2.45) is 5.73 Å². The fourth-order valence-electron chi connectivity index (χ4n) is 2.81. The van der Waals surface area contributed by atoms with Crippen LogP contribution in [0.25, 0.3) is 0 Å². The maximum absolute atomic E-state index is 13.3. The van der Waals surface area contributed by atoms with E-state index in [1.54, 1.807) is 12.1 Å². The Balaban J connectivity index is 2.44. The Morgan fingerprint density at radius 3 is 2.17 bits per heavy atom. The van der Waals surface area contributed by atoms with E-state index >= 15 is 0 Å². The Hall–Kier alpha value is -3.75. The van der Waals surface area contributed by atoms with E-state index in [1.807, 2.05) is 0 Å². The second-order valence-corrected chi connectivity index (χ2v) is 6.58. The fourth-order valence-corrected chi connectivity index (χ4v) is 2.81. The third-order valence-electron chi connectivity index (χ3n) is 4.33. The summed E-state index contributed by atoms with van der Waals surface area (Å²) in [6.07, 6.45) is 0.0880. The predicted molar refractivity (Wildman–Crippen MR) is 105 cm³/mol. The summed E-state index contributed by atoms with van der Waals surface area (Å²) in [5, 5.41) is 31.3. The van der Waals surface area contributed by atoms with Crippen LogP contribution in [0.4, 0.5) is 5.69 Å². The second-order valence-electron chi connectivity index (χ2n) is 6.58. The van der Waals surface area contributed by atoms with Crippen molar-refractivity contribution >= 4 is 23.4 Å². The van der Waals surface area contributed by atoms with E-state index in [1.165, 1.54) is 38.1 Å². The zero-order chi connectivity index (χ0) is 21.7. The molecule has 0 aliphatic rings. The minimum Gasteiger partial charge on any atom is -0.508 e. The standard InChI is InChI=1S/C20H23N3O6/c1-11(19(21)28)23(14-5-8-17(26)18(27)10-14)20(29)16(22-12(2)24)9-13-3-6-15(25)7-4-13/h3-8,10-11,16,25-27H,9H2,1-2H3,(H2,21,28)(H,22,24)/t11-,16-/m0/s1. The molecule has 0 spiro atoms. The zero-order valence-electron chi connectivity index (χ0n) is 16.0. The highest BCUT2D eigenvalue weighted by Crippen LogP contribution is 2.31. The molecule has 0 bridgehead atoms. The first-order chi connectivity index (χ1) is 13.6. The Morgan fingerprint density at radius 2 is 1.66 bits per heavy atom. The molecule has 9 heteroatoms. The highest BCUT2D eigenvalue weighted by molar-refractivity contribution is 6.04. The summed E-state index contributed by atoms with van der Waals surface area (Å²) >= 11 is 0. The minimum atomic E-state index is -1.09. The lowest BCUT2D eigenvalue weighted by Gasteiger charge is -2.31. The van der Waals surface area contributed by atoms with Gasteiger partial charge in [0.25, 0.3) is 5.91 Å². The van der Waals surface area contributed by atoms with Gasteiger partial charge in [0.15, 0.2) is 11.5 Å². The van der Waals surface area contributed by atoms with Crippen LogP contribution in [0.5, 0.6) is 17.2 Å². The van der Waals surface area contributed by atoms with Gasteiger partial charge in [-0.05, 0) is 36.8 Å². The number of hydrogen-bond acceptors (Lipinski definition) is 6. The molecule has 0 saturated heterocycles. The average molecular weight is 401 g/mol. The lowest BCUT2D eigenvalue weighted by molar-refractivity contribution is -0.128. The van der Waals surface area contributed by atoms with E-state index in [-0.39, 0.29) is 17.9 Å². The summed E-state index contributed by atoms with van der Waals surface area (Å²) in [7, 11) is 0. The molecular formula is C20H23N3O6. The van der Waals surface area contributed by atoms with Gasteiger partial charge in [0.2, 0.25) is 11.8 Å². The molecule has 154 valence electrons. The van der Waals surface area contributed by atoms with Crippen LogP contribution in [0.1, 0.15) is 19.4 Å². The average Bonchev–Trinajstić information content (AvgIpc) is 2.65. The van der Waals surface area contributed by atoms with Gasteiger partial charge in [0.05, 0.1) is 0 Å². The molecule has 2 atom stereocenters. The van der Waals surface area contributed by atoms with E-state index in [2.05, 4.69) is 5.32 Å². The van der Waals surface area contributed by atoms with Crippen LogP contribution in [-0.4, -0.2) is 45.1 Å². The highest BCUT2D eigenvalue weighted by atomic mass is 16.3. The number of rotatable bonds is 7. The predicted octanol–water partition coefficient (Wildman–Crippen LogP) is 0.758. The molecule has 0 aliphatic carbocycles. The maximum Gasteiger partial charge on any atom is 0.250 e. The van der Waals surface area contributed by atoms with Gasteiger partial charge in [-0.1, -0.05) is 12.1 Å². The van der Waals surface area contributed by atoms with Gasteiger partial charge in [0.1, 0.15) is 17.8 Å². The zero-order valence-corrected chi connectivity index (χ0v) is 16.0. The summed E-state index contributed by atoms with van der Waals surface area (Å²) in [5.41, 5.74) is 6.18. The number of primary amides is 1. The van der Waals surface area contributed by atoms with Gasteiger partial charge in [-0.15, -0.1) is 0 Å². The summed E-state index contributed by atoms with van der Waals surface area (Å²) < 4.78 is 0. The highest BCUT2D eigenvalue weighted by Gasteiger charge is 2.32. The number of amides is 3. The Labute approximate surface area is 167 Å². The molecule has 29 heavy (non-hydrogen) atoms. The van der Waals surface area contributed by atoms with Crippen LogP contribution < -0.4 is 16.0 Å². The van der Waals surface area contributed by atoms with Crippen LogP contribution in [0, 0.1) is 0 Å². The molecule has 0 heterocycles. The SMILES string of the molecule is CC(=O)N[C@@H](Cc1ccc(O)cc1)C(=O)N(c1ccc(O)c(O)c1)[C@@H](C)C(N)=O. The van der Waals surface area contributed by atoms with Gasteiger partial charge in [0, 0.05) is 25.1 Å². The molecule has 0 radical (unpaired) electrons. The number of phenols is 3. The Kier molecular flexibility index (Phi) is 6.66. The van der Waals surface area contributed by atoms with Crippen LogP contribution >= 0.6 is 0 Å². The van der Waals surface area contributed by atoms with Crippen molar-refractivity contribution in [3.05, 3.63) is 48.0 Å². The van der Waals surface area contributed by atoms with E-state index < -0.39 is 41.3 Å². The van der Waals surface area contributed by atoms with Gasteiger partial charge in [-0.3, -0.25) is 19.3 Å². The van der Waals surface area contributed by atoms with Crippen LogP contribution in [0.15, 0.2) is 42.5 Å². The third kappa shape index (κ3) is 5.38. The van der Waals surface area contributed by atoms with Crippen LogP contribution in [0.3, 0.4) is 0 Å². The molecule has 2 aromatic carbocycles. The maximum atomic E-state index is 13.3. The number of anilines is 1. The van der Waals surface area contributed by atoms with Crippen molar-refractivity contribution in [2.75, 3.05) is 4.90 Å². The Morgan fingerprint density at radius 1 is 1.03 bits per heavy atom. The first-order valence-electron chi connectivity index (χ1n) is 8.79. The molecule has 2 rings (SSSR count). The quantitative estimate of drug-likeness (QED) is 0.432. The van der Waals surface area contributed by atoms with Gasteiger partial charge in [-0.2, -0.15) is 0 Å². The second kappa shape index (κ2) is 8.96. The number of nitrogens with zero attached hydrogens (tertiary/aromatic N) is 1. The summed E-state index contributed by atoms with van der Waals surface area (Å²) in [4.78, 5) is 37.9. The summed E-state index contributed by atoms with van der Waals surface area (Å²) in [6.45, 7) is 2.67. The topological polar surface area (TPSA) is 153 Å². The van der Waals surface area contributed by atoms with E-state index in [0.29, 0.717) is 5.56 Å². The molecule has 0 unspecified atom stereocenters. The van der Waals surface area contributed by atoms with Crippen molar-refractivity contribution < 1.29 is 29.7 Å². The molecule has 3 amide bonds. The van der Waals surface area contributed by atoms with Crippen molar-refractivity contribution in [2.45, 2.75) is 32.4 Å². The van der Waals surface area contributed by atoms with E-state index in [9.17, 15) is 29.7 Å². The molecule has 0 saturated carbocycles. The number of benzene rings is 2. The van der Waals surface area contributed by atoms with Crippen molar-refractivity contribution in [3.63, 3.8) is 0 Å². The number of nitrogens with two attached hydrogens (primary N) is 1. The van der Waals surface area contributed by atoms with Gasteiger partial charge in [-0.25, -0.2) is 0 Å². The molecule has 0 aromatic heterocycles. The molecule has 0 fully saturated rings. The van der Waals surface area contributed by atoms with Crippen LogP contribution in [-0.2, 0) is 20.8 Å². The van der Waals surface area contributed by atoms with Gasteiger partial charge < -0.3 is 26.4 Å². The van der Waals surface area contributed by atoms with Gasteiger partial charge >= 0.3 is 0 Å². The number of phenolic OH excluding ortho intramolecular Hbond substituents is 3. The van der Waals surface area contributed by atoms with Crippen LogP contribution in [0.2, 0.25) is 0 Å². The number of nitrogens with one attached hydrogen (secondary N) is 1. The Bertz CT molecular complexity index is 913. The number of carbonyl (C=O) groups excluding carboxylic acids is 3. The lowest BCUT2D eigenvalue weighted by Crippen LogP contribution is -2.55. The molecule has 0 aliphatic heterocycles. The summed E-state index contributed by atoms with van der Waals surface area (Å²) in [5.74, 6) is -2.70. The van der Waals surface area contributed by atoms with Crippen molar-refractivity contribution in [3.8, 4) is 17.2 Å². The van der Waals surface area contributed by atoms with E-state index in [4.69, 9.17) is 5.73 Å². The normalized spacial score (nSPS) is 12.6. The largest absolute Gasteiger partial charge is 0.508 e. The monoisotopic (exact) mass is 401 g/mol. The summed E-state index contributed by atoms with van der Waals surface area (Å²) in [6, 6.07) is 7.61. The lowest BCUT2D eigenvalue weighted by atomic mass is 10.0. The first kappa shape index (κ1) is 21.5. The third-order valence-corrected chi connectivity index (χ3v) is 4.33. The molecule has 9 nitrogen and oxygen atoms in total. The molecule has 2 aromatic rings. The first-order valence-corrected chi connectivity index (χ1v) is 8.79. The number of carbonyl (C=O) groups is 3. The number of hydrogen-bond donors (Lipinski definition) is 5.